The minimum absolute atomic E-state index is 0.139. The SMILES string of the molecule is COc1ccccc1CCNC(=O)Cc1ccc(O)c(O)c1. The van der Waals surface area contributed by atoms with Crippen molar-refractivity contribution in [1.29, 1.82) is 0 Å². The van der Waals surface area contributed by atoms with Crippen molar-refractivity contribution < 1.29 is 19.7 Å². The molecule has 2 rings (SSSR count). The van der Waals surface area contributed by atoms with Crippen molar-refractivity contribution >= 4 is 5.91 Å². The average Bonchev–Trinajstić information content (AvgIpc) is 2.51. The van der Waals surface area contributed by atoms with Gasteiger partial charge >= 0.3 is 0 Å². The lowest BCUT2D eigenvalue weighted by Gasteiger charge is -2.09. The lowest BCUT2D eigenvalue weighted by atomic mass is 10.1. The van der Waals surface area contributed by atoms with Crippen molar-refractivity contribution in [3.05, 3.63) is 53.6 Å². The smallest absolute Gasteiger partial charge is 0.224 e. The van der Waals surface area contributed by atoms with E-state index in [1.807, 2.05) is 24.3 Å². The largest absolute Gasteiger partial charge is 0.504 e. The Labute approximate surface area is 129 Å². The van der Waals surface area contributed by atoms with Crippen LogP contribution in [0.4, 0.5) is 0 Å². The fourth-order valence-corrected chi connectivity index (χ4v) is 2.17. The molecule has 116 valence electrons. The molecule has 0 aliphatic heterocycles. The van der Waals surface area contributed by atoms with Gasteiger partial charge in [-0.2, -0.15) is 0 Å². The summed E-state index contributed by atoms with van der Waals surface area (Å²) in [6.45, 7) is 0.503. The molecule has 1 amide bonds. The van der Waals surface area contributed by atoms with Crippen molar-refractivity contribution in [2.75, 3.05) is 13.7 Å². The van der Waals surface area contributed by atoms with Crippen molar-refractivity contribution in [3.63, 3.8) is 0 Å². The summed E-state index contributed by atoms with van der Waals surface area (Å²) >= 11 is 0. The van der Waals surface area contributed by atoms with Gasteiger partial charge in [0.2, 0.25) is 5.91 Å². The number of hydrogen-bond donors (Lipinski definition) is 3. The number of methoxy groups -OCH3 is 1. The third-order valence-electron chi connectivity index (χ3n) is 3.31. The molecule has 0 aliphatic rings. The third-order valence-corrected chi connectivity index (χ3v) is 3.31. The van der Waals surface area contributed by atoms with E-state index in [-0.39, 0.29) is 23.8 Å². The third kappa shape index (κ3) is 4.15. The Hall–Kier alpha value is -2.69. The molecule has 0 atom stereocenters. The summed E-state index contributed by atoms with van der Waals surface area (Å²) in [7, 11) is 1.62. The molecule has 0 aromatic heterocycles. The van der Waals surface area contributed by atoms with Gasteiger partial charge in [0.1, 0.15) is 5.75 Å². The van der Waals surface area contributed by atoms with Crippen LogP contribution in [-0.2, 0) is 17.6 Å². The number of phenolic OH excluding ortho intramolecular Hbond substituents is 2. The van der Waals surface area contributed by atoms with Gasteiger partial charge in [0, 0.05) is 6.54 Å². The monoisotopic (exact) mass is 301 g/mol. The Bertz CT molecular complexity index is 655. The molecule has 0 radical (unpaired) electrons. The van der Waals surface area contributed by atoms with Crippen LogP contribution >= 0.6 is 0 Å². The molecule has 0 fully saturated rings. The lowest BCUT2D eigenvalue weighted by Crippen LogP contribution is -2.27. The molecule has 5 heteroatoms. The van der Waals surface area contributed by atoms with Crippen LogP contribution in [0.2, 0.25) is 0 Å². The molecule has 5 nitrogen and oxygen atoms in total. The molecule has 2 aromatic rings. The summed E-state index contributed by atoms with van der Waals surface area (Å²) in [4.78, 5) is 11.9. The van der Waals surface area contributed by atoms with Gasteiger partial charge in [0.05, 0.1) is 13.5 Å². The van der Waals surface area contributed by atoms with E-state index in [1.54, 1.807) is 13.2 Å². The first kappa shape index (κ1) is 15.7. The van der Waals surface area contributed by atoms with E-state index < -0.39 is 0 Å². The summed E-state index contributed by atoms with van der Waals surface area (Å²) < 4.78 is 5.26. The topological polar surface area (TPSA) is 78.8 Å². The zero-order valence-electron chi connectivity index (χ0n) is 12.4. The number of carbonyl (C=O) groups is 1. The second-order valence-electron chi connectivity index (χ2n) is 4.91. The first-order valence-corrected chi connectivity index (χ1v) is 6.99. The molecule has 0 unspecified atom stereocenters. The number of benzene rings is 2. The predicted octanol–water partition coefficient (Wildman–Crippen LogP) is 2.01. The molecule has 0 saturated heterocycles. The normalized spacial score (nSPS) is 10.2. The number of aromatic hydroxyl groups is 2. The number of amides is 1. The first-order valence-electron chi connectivity index (χ1n) is 6.99. The minimum atomic E-state index is -0.223. The fourth-order valence-electron chi connectivity index (χ4n) is 2.17. The van der Waals surface area contributed by atoms with Crippen LogP contribution in [0.5, 0.6) is 17.2 Å². The Morgan fingerprint density at radius 3 is 2.64 bits per heavy atom. The molecule has 0 spiro atoms. The van der Waals surface area contributed by atoms with Crippen molar-refractivity contribution in [3.8, 4) is 17.2 Å². The van der Waals surface area contributed by atoms with Gasteiger partial charge in [0.15, 0.2) is 11.5 Å². The molecule has 0 saturated carbocycles. The minimum Gasteiger partial charge on any atom is -0.504 e. The van der Waals surface area contributed by atoms with Crippen LogP contribution in [0.1, 0.15) is 11.1 Å². The highest BCUT2D eigenvalue weighted by molar-refractivity contribution is 5.78. The zero-order valence-corrected chi connectivity index (χ0v) is 12.4. The van der Waals surface area contributed by atoms with Crippen LogP contribution in [0.25, 0.3) is 0 Å². The van der Waals surface area contributed by atoms with Gasteiger partial charge in [-0.1, -0.05) is 24.3 Å². The second kappa shape index (κ2) is 7.36. The molecule has 0 heterocycles. The van der Waals surface area contributed by atoms with Gasteiger partial charge in [0.25, 0.3) is 0 Å². The van der Waals surface area contributed by atoms with Gasteiger partial charge in [-0.05, 0) is 35.7 Å². The summed E-state index contributed by atoms with van der Waals surface area (Å²) in [5.41, 5.74) is 1.68. The molecule has 22 heavy (non-hydrogen) atoms. The second-order valence-corrected chi connectivity index (χ2v) is 4.91. The average molecular weight is 301 g/mol. The number of nitrogens with one attached hydrogen (secondary N) is 1. The van der Waals surface area contributed by atoms with Crippen molar-refractivity contribution in [1.82, 2.24) is 5.32 Å². The zero-order chi connectivity index (χ0) is 15.9. The molecule has 0 bridgehead atoms. The Balaban J connectivity index is 1.84. The van der Waals surface area contributed by atoms with Gasteiger partial charge in [-0.15, -0.1) is 0 Å². The fraction of sp³-hybridized carbons (Fsp3) is 0.235. The summed E-state index contributed by atoms with van der Waals surface area (Å²) in [5.74, 6) is 0.250. The highest BCUT2D eigenvalue weighted by Crippen LogP contribution is 2.25. The van der Waals surface area contributed by atoms with Gasteiger partial charge < -0.3 is 20.3 Å². The van der Waals surface area contributed by atoms with E-state index in [0.29, 0.717) is 18.5 Å². The number of hydrogen-bond acceptors (Lipinski definition) is 4. The van der Waals surface area contributed by atoms with Crippen LogP contribution in [-0.4, -0.2) is 29.8 Å². The molecular formula is C17H19NO4. The summed E-state index contributed by atoms with van der Waals surface area (Å²) in [6.07, 6.45) is 0.830. The number of rotatable bonds is 6. The maximum atomic E-state index is 11.9. The van der Waals surface area contributed by atoms with Crippen LogP contribution in [0, 0.1) is 0 Å². The maximum absolute atomic E-state index is 11.9. The van der Waals surface area contributed by atoms with E-state index in [2.05, 4.69) is 5.32 Å². The van der Waals surface area contributed by atoms with Crippen LogP contribution < -0.4 is 10.1 Å². The van der Waals surface area contributed by atoms with Crippen molar-refractivity contribution in [2.24, 2.45) is 0 Å². The quantitative estimate of drug-likeness (QED) is 0.713. The van der Waals surface area contributed by atoms with Gasteiger partial charge in [-0.25, -0.2) is 0 Å². The van der Waals surface area contributed by atoms with Crippen molar-refractivity contribution in [2.45, 2.75) is 12.8 Å². The van der Waals surface area contributed by atoms with E-state index in [9.17, 15) is 15.0 Å². The number of carbonyl (C=O) groups excluding carboxylic acids is 1. The predicted molar refractivity (Wildman–Crippen MR) is 83.2 cm³/mol. The molecule has 2 aromatic carbocycles. The Morgan fingerprint density at radius 1 is 1.14 bits per heavy atom. The van der Waals surface area contributed by atoms with E-state index in [0.717, 1.165) is 11.3 Å². The highest BCUT2D eigenvalue weighted by atomic mass is 16.5. The van der Waals surface area contributed by atoms with Gasteiger partial charge in [-0.3, -0.25) is 4.79 Å². The Kier molecular flexibility index (Phi) is 5.25. The molecule has 3 N–H and O–H groups in total. The Morgan fingerprint density at radius 2 is 1.91 bits per heavy atom. The van der Waals surface area contributed by atoms with E-state index >= 15 is 0 Å². The van der Waals surface area contributed by atoms with E-state index in [4.69, 9.17) is 4.74 Å². The summed E-state index contributed by atoms with van der Waals surface area (Å²) in [6, 6.07) is 12.0. The standard InChI is InChI=1S/C17H19NO4/c1-22-16-5-3-2-4-13(16)8-9-18-17(21)11-12-6-7-14(19)15(20)10-12/h2-7,10,19-20H,8-9,11H2,1H3,(H,18,21). The first-order chi connectivity index (χ1) is 10.6. The number of ether oxygens (including phenoxy) is 1. The summed E-state index contributed by atoms with van der Waals surface area (Å²) in [5, 5.41) is 21.5. The van der Waals surface area contributed by atoms with Crippen LogP contribution in [0.15, 0.2) is 42.5 Å². The molecule has 0 aliphatic carbocycles. The molecular weight excluding hydrogens is 282 g/mol. The van der Waals surface area contributed by atoms with E-state index in [1.165, 1.54) is 12.1 Å². The lowest BCUT2D eigenvalue weighted by molar-refractivity contribution is -0.120. The highest BCUT2D eigenvalue weighted by Gasteiger charge is 2.07. The number of phenols is 2. The maximum Gasteiger partial charge on any atom is 0.224 e. The number of para-hydroxylation sites is 1. The van der Waals surface area contributed by atoms with Crippen LogP contribution in [0.3, 0.4) is 0 Å².